The minimum Gasteiger partial charge on any atom is -0.481 e. The Morgan fingerprint density at radius 2 is 1.78 bits per heavy atom. The number of aliphatic carboxylic acids is 1. The van der Waals surface area contributed by atoms with Gasteiger partial charge in [-0.2, -0.15) is 17.5 Å². The lowest BCUT2D eigenvalue weighted by Gasteiger charge is -2.43. The SMILES string of the molecule is CCC1Cc2ccc(C(F)(F)F)cc2S(O)(O)N(Cc2cc(C(c3ccc4c(nnn4CC)c3C)C(C)(C)C(=O)O)ccc2C)C1. The summed E-state index contributed by atoms with van der Waals surface area (Å²) in [6.45, 7) is 12.1. The van der Waals surface area contributed by atoms with Crippen molar-refractivity contribution < 1.29 is 32.2 Å². The summed E-state index contributed by atoms with van der Waals surface area (Å²) in [6, 6.07) is 12.7. The molecule has 8 nitrogen and oxygen atoms in total. The summed E-state index contributed by atoms with van der Waals surface area (Å²) >= 11 is 0. The summed E-state index contributed by atoms with van der Waals surface area (Å²) < 4.78 is 67.6. The van der Waals surface area contributed by atoms with E-state index in [1.54, 1.807) is 18.5 Å². The lowest BCUT2D eigenvalue weighted by Crippen LogP contribution is -2.33. The summed E-state index contributed by atoms with van der Waals surface area (Å²) in [6.07, 6.45) is -3.51. The highest BCUT2D eigenvalue weighted by Gasteiger charge is 2.41. The second-order valence-electron chi connectivity index (χ2n) is 12.8. The first kappa shape index (κ1) is 33.9. The third-order valence-electron chi connectivity index (χ3n) is 9.52. The first-order valence-corrected chi connectivity index (χ1v) is 16.9. The minimum absolute atomic E-state index is 0.0164. The molecule has 46 heavy (non-hydrogen) atoms. The summed E-state index contributed by atoms with van der Waals surface area (Å²) in [5.74, 6) is -1.61. The highest BCUT2D eigenvalue weighted by Crippen LogP contribution is 2.57. The molecular formula is C34H41F3N4O4S. The van der Waals surface area contributed by atoms with Crippen LogP contribution in [0.5, 0.6) is 0 Å². The molecule has 248 valence electrons. The fraction of sp³-hybridized carbons (Fsp3) is 0.441. The maximum Gasteiger partial charge on any atom is 0.416 e. The molecule has 0 amide bonds. The highest BCUT2D eigenvalue weighted by atomic mass is 32.3. The van der Waals surface area contributed by atoms with Crippen LogP contribution >= 0.6 is 10.8 Å². The first-order chi connectivity index (χ1) is 21.5. The van der Waals surface area contributed by atoms with Gasteiger partial charge in [-0.05, 0) is 98.5 Å². The average molecular weight is 659 g/mol. The Morgan fingerprint density at radius 3 is 2.41 bits per heavy atom. The maximum absolute atomic E-state index is 13.7. The van der Waals surface area contributed by atoms with E-state index in [4.69, 9.17) is 0 Å². The normalized spacial score (nSPS) is 18.6. The molecule has 3 N–H and O–H groups in total. The zero-order chi connectivity index (χ0) is 33.8. The number of hydrogen-bond acceptors (Lipinski definition) is 6. The van der Waals surface area contributed by atoms with E-state index < -0.39 is 39.8 Å². The molecule has 1 aromatic heterocycles. The Hall–Kier alpha value is -3.45. The van der Waals surface area contributed by atoms with Crippen LogP contribution in [0, 0.1) is 25.2 Å². The van der Waals surface area contributed by atoms with Crippen molar-refractivity contribution in [2.75, 3.05) is 6.54 Å². The third kappa shape index (κ3) is 6.03. The molecule has 0 bridgehead atoms. The number of carboxylic acids is 1. The van der Waals surface area contributed by atoms with Crippen molar-refractivity contribution in [1.82, 2.24) is 19.3 Å². The molecule has 4 aromatic rings. The van der Waals surface area contributed by atoms with E-state index in [0.29, 0.717) is 30.5 Å². The van der Waals surface area contributed by atoms with E-state index in [0.717, 1.165) is 45.5 Å². The molecule has 5 rings (SSSR count). The van der Waals surface area contributed by atoms with Gasteiger partial charge >= 0.3 is 12.1 Å². The Morgan fingerprint density at radius 1 is 1.07 bits per heavy atom. The van der Waals surface area contributed by atoms with Crippen molar-refractivity contribution >= 4 is 27.8 Å². The molecule has 0 aliphatic carbocycles. The molecule has 12 heteroatoms. The van der Waals surface area contributed by atoms with E-state index in [1.165, 1.54) is 10.4 Å². The molecule has 1 aliphatic heterocycles. The fourth-order valence-electron chi connectivity index (χ4n) is 6.56. The van der Waals surface area contributed by atoms with Crippen LogP contribution in [-0.4, -0.2) is 46.0 Å². The minimum atomic E-state index is -4.63. The third-order valence-corrected chi connectivity index (χ3v) is 11.5. The van der Waals surface area contributed by atoms with Gasteiger partial charge in [0.2, 0.25) is 0 Å². The monoisotopic (exact) mass is 658 g/mol. The Bertz CT molecular complexity index is 1790. The van der Waals surface area contributed by atoms with Crippen molar-refractivity contribution in [3.8, 4) is 0 Å². The summed E-state index contributed by atoms with van der Waals surface area (Å²) in [7, 11) is -3.80. The molecule has 2 atom stereocenters. The van der Waals surface area contributed by atoms with Crippen molar-refractivity contribution in [2.45, 2.75) is 84.5 Å². The average Bonchev–Trinajstić information content (AvgIpc) is 3.38. The van der Waals surface area contributed by atoms with Gasteiger partial charge in [-0.1, -0.05) is 48.9 Å². The smallest absolute Gasteiger partial charge is 0.416 e. The van der Waals surface area contributed by atoms with Gasteiger partial charge in [-0.25, -0.2) is 4.68 Å². The van der Waals surface area contributed by atoms with Crippen LogP contribution in [0.1, 0.15) is 79.0 Å². The van der Waals surface area contributed by atoms with Crippen LogP contribution in [0.2, 0.25) is 0 Å². The number of aryl methyl sites for hydroxylation is 3. The maximum atomic E-state index is 13.7. The molecule has 0 saturated carbocycles. The predicted molar refractivity (Wildman–Crippen MR) is 173 cm³/mol. The van der Waals surface area contributed by atoms with E-state index in [1.807, 2.05) is 58.0 Å². The van der Waals surface area contributed by atoms with Crippen LogP contribution in [0.25, 0.3) is 11.0 Å². The second kappa shape index (κ2) is 12.3. The van der Waals surface area contributed by atoms with Crippen molar-refractivity contribution in [2.24, 2.45) is 11.3 Å². The Labute approximate surface area is 268 Å². The second-order valence-corrected chi connectivity index (χ2v) is 14.8. The lowest BCUT2D eigenvalue weighted by atomic mass is 9.69. The summed E-state index contributed by atoms with van der Waals surface area (Å²) in [5, 5.41) is 19.0. The van der Waals surface area contributed by atoms with Gasteiger partial charge in [0, 0.05) is 25.6 Å². The molecule has 2 unspecified atom stereocenters. The van der Waals surface area contributed by atoms with Crippen LogP contribution in [0.3, 0.4) is 0 Å². The number of halogens is 3. The fourth-order valence-corrected chi connectivity index (χ4v) is 8.36. The van der Waals surface area contributed by atoms with Crippen LogP contribution in [-0.2, 0) is 30.5 Å². The number of hydrogen-bond donors (Lipinski definition) is 3. The van der Waals surface area contributed by atoms with Crippen molar-refractivity contribution in [1.29, 1.82) is 0 Å². The molecule has 3 aromatic carbocycles. The van der Waals surface area contributed by atoms with E-state index in [2.05, 4.69) is 10.3 Å². The van der Waals surface area contributed by atoms with E-state index >= 15 is 0 Å². The zero-order valence-corrected chi connectivity index (χ0v) is 27.7. The van der Waals surface area contributed by atoms with Crippen LogP contribution in [0.4, 0.5) is 13.2 Å². The number of fused-ring (bicyclic) bond motifs is 2. The Balaban J connectivity index is 1.61. The van der Waals surface area contributed by atoms with E-state index in [-0.39, 0.29) is 23.9 Å². The number of carbonyl (C=O) groups is 1. The van der Waals surface area contributed by atoms with Gasteiger partial charge in [0.05, 0.1) is 21.4 Å². The molecule has 1 aliphatic rings. The predicted octanol–water partition coefficient (Wildman–Crippen LogP) is 8.44. The van der Waals surface area contributed by atoms with Gasteiger partial charge in [-0.15, -0.1) is 15.9 Å². The molecule has 0 fully saturated rings. The van der Waals surface area contributed by atoms with Crippen LogP contribution in [0.15, 0.2) is 53.4 Å². The molecular weight excluding hydrogens is 617 g/mol. The molecule has 0 radical (unpaired) electrons. The van der Waals surface area contributed by atoms with Gasteiger partial charge in [0.1, 0.15) is 5.52 Å². The highest BCUT2D eigenvalue weighted by molar-refractivity contribution is 8.22. The number of nitrogens with zero attached hydrogens (tertiary/aromatic N) is 4. The zero-order valence-electron chi connectivity index (χ0n) is 26.9. The summed E-state index contributed by atoms with van der Waals surface area (Å²) in [4.78, 5) is 12.6. The van der Waals surface area contributed by atoms with Crippen LogP contribution < -0.4 is 0 Å². The Kier molecular flexibility index (Phi) is 9.06. The standard InChI is InChI=1S/C34H41F3N4O4S/c1-7-22-15-23-11-12-26(34(35,36)37)17-29(23)46(44,45)40(18-22)19-25-16-24(10-9-20(25)3)30(33(5,6)32(42)43)27-13-14-28-31(21(27)4)38-39-41(28)8-2/h9-14,16-17,22,30,44-45H,7-8,15,18-19H2,1-6H3,(H,42,43). The van der Waals surface area contributed by atoms with E-state index in [9.17, 15) is 32.2 Å². The number of aromatic nitrogens is 3. The van der Waals surface area contributed by atoms with Gasteiger partial charge in [0.25, 0.3) is 0 Å². The number of alkyl halides is 3. The first-order valence-electron chi connectivity index (χ1n) is 15.4. The number of rotatable bonds is 8. The van der Waals surface area contributed by atoms with Gasteiger partial charge in [-0.3, -0.25) is 13.9 Å². The van der Waals surface area contributed by atoms with Gasteiger partial charge in [0.15, 0.2) is 0 Å². The largest absolute Gasteiger partial charge is 0.481 e. The quantitative estimate of drug-likeness (QED) is 0.174. The molecule has 2 heterocycles. The number of benzene rings is 3. The number of carboxylic acid groups (broad SMARTS) is 1. The van der Waals surface area contributed by atoms with Crippen molar-refractivity contribution in [3.63, 3.8) is 0 Å². The molecule has 0 saturated heterocycles. The van der Waals surface area contributed by atoms with Gasteiger partial charge < -0.3 is 5.11 Å². The van der Waals surface area contributed by atoms with Crippen molar-refractivity contribution in [3.05, 3.63) is 87.5 Å². The molecule has 0 spiro atoms. The topological polar surface area (TPSA) is 112 Å². The summed E-state index contributed by atoms with van der Waals surface area (Å²) in [5.41, 5.74) is 3.76. The lowest BCUT2D eigenvalue weighted by molar-refractivity contribution is -0.147.